The average molecular weight is 359 g/mol. The molecule has 0 saturated heterocycles. The molecule has 0 spiro atoms. The first kappa shape index (κ1) is 19.2. The molecule has 0 radical (unpaired) electrons. The van der Waals surface area contributed by atoms with Crippen molar-refractivity contribution < 1.29 is 4.79 Å². The molecule has 25 heavy (non-hydrogen) atoms. The highest BCUT2D eigenvalue weighted by atomic mass is 32.2. The van der Waals surface area contributed by atoms with Crippen molar-refractivity contribution in [3.63, 3.8) is 0 Å². The zero-order valence-electron chi connectivity index (χ0n) is 15.2. The molecule has 0 aliphatic heterocycles. The van der Waals surface area contributed by atoms with E-state index >= 15 is 0 Å². The number of rotatable bonds is 9. The van der Waals surface area contributed by atoms with Crippen molar-refractivity contribution in [2.75, 3.05) is 30.3 Å². The quantitative estimate of drug-likeness (QED) is 0.424. The number of para-hydroxylation sites is 1. The van der Waals surface area contributed by atoms with Gasteiger partial charge in [-0.1, -0.05) is 30.0 Å². The van der Waals surface area contributed by atoms with Crippen LogP contribution in [0.5, 0.6) is 0 Å². The molecule has 1 heterocycles. The number of anilines is 1. The van der Waals surface area contributed by atoms with Crippen LogP contribution in [0, 0.1) is 13.8 Å². The molecule has 2 aromatic rings. The lowest BCUT2D eigenvalue weighted by molar-refractivity contribution is -0.118. The van der Waals surface area contributed by atoms with Crippen LogP contribution in [0.1, 0.15) is 24.7 Å². The summed E-state index contributed by atoms with van der Waals surface area (Å²) in [6.07, 6.45) is 0.916. The van der Waals surface area contributed by atoms with Gasteiger partial charge < -0.3 is 10.2 Å². The molecule has 0 atom stereocenters. The van der Waals surface area contributed by atoms with Crippen molar-refractivity contribution in [3.05, 3.63) is 47.8 Å². The number of hydrogen-bond acceptors (Lipinski definition) is 5. The van der Waals surface area contributed by atoms with Gasteiger partial charge in [-0.25, -0.2) is 9.97 Å². The second-order valence-corrected chi connectivity index (χ2v) is 6.78. The van der Waals surface area contributed by atoms with Crippen molar-refractivity contribution in [3.8, 4) is 0 Å². The zero-order chi connectivity index (χ0) is 18.1. The smallest absolute Gasteiger partial charge is 0.230 e. The highest BCUT2D eigenvalue weighted by Crippen LogP contribution is 2.14. The van der Waals surface area contributed by atoms with Crippen LogP contribution in [0.2, 0.25) is 0 Å². The number of nitrogens with zero attached hydrogens (tertiary/aromatic N) is 3. The third-order valence-corrected chi connectivity index (χ3v) is 4.57. The number of thioether (sulfide) groups is 1. The SMILES string of the molecule is CCN(CCCNC(=O)CSc1nc(C)cc(C)n1)c1ccccc1. The molecule has 0 unspecified atom stereocenters. The maximum Gasteiger partial charge on any atom is 0.230 e. The number of carbonyl (C=O) groups excluding carboxylic acids is 1. The lowest BCUT2D eigenvalue weighted by Crippen LogP contribution is -2.30. The Bertz CT molecular complexity index is 658. The van der Waals surface area contributed by atoms with Crippen molar-refractivity contribution >= 4 is 23.4 Å². The topological polar surface area (TPSA) is 58.1 Å². The molecular formula is C19H26N4OS. The lowest BCUT2D eigenvalue weighted by Gasteiger charge is -2.23. The van der Waals surface area contributed by atoms with Crippen LogP contribution in [0.25, 0.3) is 0 Å². The van der Waals surface area contributed by atoms with E-state index in [1.807, 2.05) is 38.1 Å². The van der Waals surface area contributed by atoms with E-state index in [1.165, 1.54) is 17.4 Å². The van der Waals surface area contributed by atoms with Gasteiger partial charge in [-0.15, -0.1) is 0 Å². The average Bonchev–Trinajstić information content (AvgIpc) is 2.60. The molecular weight excluding hydrogens is 332 g/mol. The van der Waals surface area contributed by atoms with Crippen LogP contribution in [-0.2, 0) is 4.79 Å². The number of hydrogen-bond donors (Lipinski definition) is 1. The van der Waals surface area contributed by atoms with Gasteiger partial charge in [0.15, 0.2) is 5.16 Å². The fraction of sp³-hybridized carbons (Fsp3) is 0.421. The summed E-state index contributed by atoms with van der Waals surface area (Å²) < 4.78 is 0. The molecule has 6 heteroatoms. The highest BCUT2D eigenvalue weighted by molar-refractivity contribution is 7.99. The summed E-state index contributed by atoms with van der Waals surface area (Å²) >= 11 is 1.38. The third-order valence-electron chi connectivity index (χ3n) is 3.72. The number of benzene rings is 1. The third kappa shape index (κ3) is 6.74. The van der Waals surface area contributed by atoms with Crippen LogP contribution in [0.15, 0.2) is 41.6 Å². The largest absolute Gasteiger partial charge is 0.372 e. The van der Waals surface area contributed by atoms with Gasteiger partial charge in [-0.3, -0.25) is 4.79 Å². The summed E-state index contributed by atoms with van der Waals surface area (Å²) in [5.74, 6) is 0.370. The van der Waals surface area contributed by atoms with E-state index in [2.05, 4.69) is 39.2 Å². The van der Waals surface area contributed by atoms with Gasteiger partial charge in [0.25, 0.3) is 0 Å². The Morgan fingerprint density at radius 3 is 2.48 bits per heavy atom. The van der Waals surface area contributed by atoms with Gasteiger partial charge in [0.2, 0.25) is 5.91 Å². The minimum absolute atomic E-state index is 0.0236. The number of aromatic nitrogens is 2. The molecule has 0 saturated carbocycles. The molecule has 1 aromatic carbocycles. The Labute approximate surface area is 154 Å². The van der Waals surface area contributed by atoms with E-state index in [1.54, 1.807) is 0 Å². The van der Waals surface area contributed by atoms with Gasteiger partial charge in [0, 0.05) is 36.7 Å². The van der Waals surface area contributed by atoms with E-state index < -0.39 is 0 Å². The molecule has 5 nitrogen and oxygen atoms in total. The normalized spacial score (nSPS) is 10.5. The maximum atomic E-state index is 12.0. The Morgan fingerprint density at radius 2 is 1.84 bits per heavy atom. The van der Waals surface area contributed by atoms with Crippen molar-refractivity contribution in [1.29, 1.82) is 0 Å². The minimum atomic E-state index is 0.0236. The lowest BCUT2D eigenvalue weighted by atomic mass is 10.2. The number of amides is 1. The maximum absolute atomic E-state index is 12.0. The van der Waals surface area contributed by atoms with E-state index in [4.69, 9.17) is 0 Å². The van der Waals surface area contributed by atoms with Crippen LogP contribution in [0.3, 0.4) is 0 Å². The van der Waals surface area contributed by atoms with Gasteiger partial charge >= 0.3 is 0 Å². The predicted octanol–water partition coefficient (Wildman–Crippen LogP) is 3.22. The number of carbonyl (C=O) groups is 1. The minimum Gasteiger partial charge on any atom is -0.372 e. The molecule has 0 aliphatic rings. The fourth-order valence-electron chi connectivity index (χ4n) is 2.55. The van der Waals surface area contributed by atoms with Gasteiger partial charge in [0.1, 0.15) is 0 Å². The Balaban J connectivity index is 1.68. The Kier molecular flexibility index (Phi) is 7.73. The summed E-state index contributed by atoms with van der Waals surface area (Å²) in [7, 11) is 0. The molecule has 0 fully saturated rings. The highest BCUT2D eigenvalue weighted by Gasteiger charge is 2.07. The van der Waals surface area contributed by atoms with Gasteiger partial charge in [-0.2, -0.15) is 0 Å². The monoisotopic (exact) mass is 358 g/mol. The molecule has 1 aromatic heterocycles. The molecule has 1 amide bonds. The molecule has 134 valence electrons. The standard InChI is InChI=1S/C19H26N4OS/c1-4-23(17-9-6-5-7-10-17)12-8-11-20-18(24)14-25-19-21-15(2)13-16(3)22-19/h5-7,9-10,13H,4,8,11-12,14H2,1-3H3,(H,20,24). The van der Waals surface area contributed by atoms with Crippen molar-refractivity contribution in [1.82, 2.24) is 15.3 Å². The summed E-state index contributed by atoms with van der Waals surface area (Å²) in [6.45, 7) is 8.57. The second-order valence-electron chi connectivity index (χ2n) is 5.84. The summed E-state index contributed by atoms with van der Waals surface area (Å²) in [6, 6.07) is 12.3. The number of nitrogens with one attached hydrogen (secondary N) is 1. The Morgan fingerprint density at radius 1 is 1.16 bits per heavy atom. The first-order valence-corrected chi connectivity index (χ1v) is 9.59. The number of aryl methyl sites for hydroxylation is 2. The molecule has 1 N–H and O–H groups in total. The predicted molar refractivity (Wildman–Crippen MR) is 104 cm³/mol. The second kappa shape index (κ2) is 10.0. The van der Waals surface area contributed by atoms with Gasteiger partial charge in [0.05, 0.1) is 5.75 Å². The molecule has 0 bridgehead atoms. The summed E-state index contributed by atoms with van der Waals surface area (Å²) in [5.41, 5.74) is 3.07. The van der Waals surface area contributed by atoms with E-state index in [-0.39, 0.29) is 5.91 Å². The van der Waals surface area contributed by atoms with Crippen LogP contribution < -0.4 is 10.2 Å². The van der Waals surface area contributed by atoms with Crippen LogP contribution >= 0.6 is 11.8 Å². The van der Waals surface area contributed by atoms with E-state index in [9.17, 15) is 4.79 Å². The first-order chi connectivity index (χ1) is 12.1. The Hall–Kier alpha value is -2.08. The fourth-order valence-corrected chi connectivity index (χ4v) is 3.32. The van der Waals surface area contributed by atoms with Crippen molar-refractivity contribution in [2.24, 2.45) is 0 Å². The van der Waals surface area contributed by atoms with Crippen LogP contribution in [-0.4, -0.2) is 41.3 Å². The molecule has 2 rings (SSSR count). The van der Waals surface area contributed by atoms with E-state index in [0.29, 0.717) is 17.5 Å². The van der Waals surface area contributed by atoms with E-state index in [0.717, 1.165) is 30.9 Å². The summed E-state index contributed by atoms with van der Waals surface area (Å²) in [5, 5.41) is 3.63. The molecule has 0 aliphatic carbocycles. The van der Waals surface area contributed by atoms with Crippen LogP contribution in [0.4, 0.5) is 5.69 Å². The van der Waals surface area contributed by atoms with Crippen molar-refractivity contribution in [2.45, 2.75) is 32.3 Å². The summed E-state index contributed by atoms with van der Waals surface area (Å²) in [4.78, 5) is 23.0. The van der Waals surface area contributed by atoms with Gasteiger partial charge in [-0.05, 0) is 45.4 Å². The zero-order valence-corrected chi connectivity index (χ0v) is 16.0. The first-order valence-electron chi connectivity index (χ1n) is 8.60.